The molecule has 1 aromatic rings. The highest BCUT2D eigenvalue weighted by atomic mass is 32.1. The average Bonchev–Trinajstić information content (AvgIpc) is 3.04. The Labute approximate surface area is 138 Å². The number of ether oxygens (including phenoxy) is 1. The van der Waals surface area contributed by atoms with Crippen molar-refractivity contribution in [2.75, 3.05) is 13.2 Å². The van der Waals surface area contributed by atoms with E-state index in [-0.39, 0.29) is 22.5 Å². The Morgan fingerprint density at radius 1 is 1.48 bits per heavy atom. The van der Waals surface area contributed by atoms with Gasteiger partial charge in [0.15, 0.2) is 5.11 Å². The molecule has 0 unspecified atom stereocenters. The minimum atomic E-state index is -0.521. The fourth-order valence-corrected chi connectivity index (χ4v) is 2.32. The number of nitro benzene ring substituents is 1. The van der Waals surface area contributed by atoms with Crippen LogP contribution in [-0.4, -0.2) is 35.2 Å². The van der Waals surface area contributed by atoms with Crippen LogP contribution in [-0.2, 0) is 4.74 Å². The molecule has 1 aliphatic rings. The summed E-state index contributed by atoms with van der Waals surface area (Å²) in [6, 6.07) is 4.28. The van der Waals surface area contributed by atoms with Gasteiger partial charge in [-0.25, -0.2) is 0 Å². The number of carbonyl (C=O) groups excluding carboxylic acids is 1. The number of nitrogens with zero attached hydrogens (tertiary/aromatic N) is 1. The van der Waals surface area contributed by atoms with E-state index >= 15 is 0 Å². The second-order valence-electron chi connectivity index (χ2n) is 5.18. The Morgan fingerprint density at radius 3 is 2.91 bits per heavy atom. The standard InChI is InChI=1S/C14H18N4O4S/c1-9-4-5-10(7-12(9)18(20)21)13(19)16-17-14(23)15-8-11-3-2-6-22-11/h4-5,7,11H,2-3,6,8H2,1H3,(H,16,19)(H2,15,17,23)/t11-/m1/s1. The number of benzene rings is 1. The van der Waals surface area contributed by atoms with Gasteiger partial charge in [0.25, 0.3) is 11.6 Å². The molecule has 1 amide bonds. The minimum absolute atomic E-state index is 0.100. The zero-order valence-electron chi connectivity index (χ0n) is 12.6. The van der Waals surface area contributed by atoms with E-state index in [1.165, 1.54) is 18.2 Å². The first kappa shape index (κ1) is 17.1. The van der Waals surface area contributed by atoms with Gasteiger partial charge in [-0.3, -0.25) is 25.8 Å². The lowest BCUT2D eigenvalue weighted by Crippen LogP contribution is -2.48. The Morgan fingerprint density at radius 2 is 2.26 bits per heavy atom. The van der Waals surface area contributed by atoms with Crippen LogP contribution in [0.2, 0.25) is 0 Å². The molecular formula is C14H18N4O4S. The van der Waals surface area contributed by atoms with Crippen LogP contribution in [0.5, 0.6) is 0 Å². The van der Waals surface area contributed by atoms with Crippen molar-refractivity contribution in [1.82, 2.24) is 16.2 Å². The zero-order chi connectivity index (χ0) is 16.8. The molecule has 1 fully saturated rings. The van der Waals surface area contributed by atoms with E-state index in [2.05, 4.69) is 16.2 Å². The molecule has 124 valence electrons. The summed E-state index contributed by atoms with van der Waals surface area (Å²) in [5.74, 6) is -0.505. The van der Waals surface area contributed by atoms with Gasteiger partial charge in [0, 0.05) is 30.3 Å². The lowest BCUT2D eigenvalue weighted by atomic mass is 10.1. The van der Waals surface area contributed by atoms with Crippen molar-refractivity contribution in [2.24, 2.45) is 0 Å². The molecule has 1 atom stereocenters. The number of hydrazine groups is 1. The fraction of sp³-hybridized carbons (Fsp3) is 0.429. The van der Waals surface area contributed by atoms with E-state index in [9.17, 15) is 14.9 Å². The smallest absolute Gasteiger partial charge is 0.273 e. The van der Waals surface area contributed by atoms with E-state index in [1.807, 2.05) is 0 Å². The number of amides is 1. The van der Waals surface area contributed by atoms with Gasteiger partial charge in [-0.2, -0.15) is 0 Å². The molecule has 0 bridgehead atoms. The van der Waals surface area contributed by atoms with Gasteiger partial charge in [-0.05, 0) is 38.0 Å². The first-order chi connectivity index (χ1) is 11.0. The highest BCUT2D eigenvalue weighted by Crippen LogP contribution is 2.19. The van der Waals surface area contributed by atoms with E-state index < -0.39 is 10.8 Å². The van der Waals surface area contributed by atoms with Crippen molar-refractivity contribution in [3.8, 4) is 0 Å². The molecule has 1 saturated heterocycles. The summed E-state index contributed by atoms with van der Waals surface area (Å²) in [6.07, 6.45) is 2.15. The summed E-state index contributed by atoms with van der Waals surface area (Å²) in [5.41, 5.74) is 5.54. The van der Waals surface area contributed by atoms with Crippen LogP contribution in [0.4, 0.5) is 5.69 Å². The highest BCUT2D eigenvalue weighted by Gasteiger charge is 2.16. The Bertz CT molecular complexity index is 617. The van der Waals surface area contributed by atoms with Gasteiger partial charge in [0.1, 0.15) is 0 Å². The predicted octanol–water partition coefficient (Wildman–Crippen LogP) is 1.19. The number of aryl methyl sites for hydroxylation is 1. The van der Waals surface area contributed by atoms with Crippen molar-refractivity contribution < 1.29 is 14.5 Å². The van der Waals surface area contributed by atoms with Crippen LogP contribution in [0.15, 0.2) is 18.2 Å². The molecule has 8 nitrogen and oxygen atoms in total. The molecule has 1 heterocycles. The highest BCUT2D eigenvalue weighted by molar-refractivity contribution is 7.80. The van der Waals surface area contributed by atoms with E-state index in [0.29, 0.717) is 12.1 Å². The third-order valence-corrected chi connectivity index (χ3v) is 3.72. The van der Waals surface area contributed by atoms with Gasteiger partial charge in [-0.1, -0.05) is 6.07 Å². The van der Waals surface area contributed by atoms with E-state index in [4.69, 9.17) is 17.0 Å². The second-order valence-corrected chi connectivity index (χ2v) is 5.59. The van der Waals surface area contributed by atoms with Crippen molar-refractivity contribution >= 4 is 28.9 Å². The average molecular weight is 338 g/mol. The number of thiocarbonyl (C=S) groups is 1. The number of nitrogens with one attached hydrogen (secondary N) is 3. The molecule has 3 N–H and O–H groups in total. The molecule has 0 radical (unpaired) electrons. The second kappa shape index (κ2) is 7.84. The number of nitro groups is 1. The topological polar surface area (TPSA) is 106 Å². The number of carbonyl (C=O) groups is 1. The molecule has 2 rings (SSSR count). The van der Waals surface area contributed by atoms with Crippen molar-refractivity contribution in [3.05, 3.63) is 39.4 Å². The summed E-state index contributed by atoms with van der Waals surface area (Å²) in [5, 5.41) is 14.1. The van der Waals surface area contributed by atoms with Gasteiger partial charge >= 0.3 is 0 Å². The normalized spacial score (nSPS) is 16.7. The Kier molecular flexibility index (Phi) is 5.83. The van der Waals surface area contributed by atoms with Crippen molar-refractivity contribution in [2.45, 2.75) is 25.9 Å². The van der Waals surface area contributed by atoms with Gasteiger partial charge < -0.3 is 10.1 Å². The van der Waals surface area contributed by atoms with Gasteiger partial charge in [0.05, 0.1) is 11.0 Å². The zero-order valence-corrected chi connectivity index (χ0v) is 13.4. The summed E-state index contributed by atoms with van der Waals surface area (Å²) < 4.78 is 5.44. The van der Waals surface area contributed by atoms with Crippen LogP contribution in [0.1, 0.15) is 28.8 Å². The quantitative estimate of drug-likeness (QED) is 0.430. The van der Waals surface area contributed by atoms with Crippen LogP contribution >= 0.6 is 12.2 Å². The molecule has 0 saturated carbocycles. The van der Waals surface area contributed by atoms with Crippen LogP contribution in [0.25, 0.3) is 0 Å². The SMILES string of the molecule is Cc1ccc(C(=O)NNC(=S)NC[C@H]2CCCO2)cc1[N+](=O)[O-]. The van der Waals surface area contributed by atoms with Gasteiger partial charge in [0.2, 0.25) is 0 Å². The molecule has 1 aromatic carbocycles. The van der Waals surface area contributed by atoms with E-state index in [1.54, 1.807) is 6.92 Å². The van der Waals surface area contributed by atoms with Crippen molar-refractivity contribution in [3.63, 3.8) is 0 Å². The predicted molar refractivity (Wildman–Crippen MR) is 88.0 cm³/mol. The Hall–Kier alpha value is -2.26. The van der Waals surface area contributed by atoms with E-state index in [0.717, 1.165) is 19.4 Å². The molecule has 0 aromatic heterocycles. The summed E-state index contributed by atoms with van der Waals surface area (Å²) in [7, 11) is 0. The first-order valence-corrected chi connectivity index (χ1v) is 7.59. The molecule has 0 spiro atoms. The van der Waals surface area contributed by atoms with Crippen molar-refractivity contribution in [1.29, 1.82) is 0 Å². The lowest BCUT2D eigenvalue weighted by Gasteiger charge is -2.14. The molecular weight excluding hydrogens is 320 g/mol. The minimum Gasteiger partial charge on any atom is -0.376 e. The monoisotopic (exact) mass is 338 g/mol. The largest absolute Gasteiger partial charge is 0.376 e. The van der Waals surface area contributed by atoms with Crippen LogP contribution in [0, 0.1) is 17.0 Å². The molecule has 23 heavy (non-hydrogen) atoms. The third-order valence-electron chi connectivity index (χ3n) is 3.47. The number of rotatable bonds is 4. The fourth-order valence-electron chi connectivity index (χ4n) is 2.19. The summed E-state index contributed by atoms with van der Waals surface area (Å²) in [4.78, 5) is 22.4. The lowest BCUT2D eigenvalue weighted by molar-refractivity contribution is -0.385. The first-order valence-electron chi connectivity index (χ1n) is 7.18. The maximum absolute atomic E-state index is 12.0. The summed E-state index contributed by atoms with van der Waals surface area (Å²) >= 11 is 5.04. The molecule has 0 aliphatic carbocycles. The molecule has 1 aliphatic heterocycles. The molecule has 9 heteroatoms. The summed E-state index contributed by atoms with van der Waals surface area (Å²) in [6.45, 7) is 2.94. The Balaban J connectivity index is 1.83. The maximum Gasteiger partial charge on any atom is 0.273 e. The van der Waals surface area contributed by atoms with Crippen LogP contribution < -0.4 is 16.2 Å². The number of hydrogen-bond donors (Lipinski definition) is 3. The number of hydrogen-bond acceptors (Lipinski definition) is 5. The third kappa shape index (κ3) is 4.86. The maximum atomic E-state index is 12.0. The van der Waals surface area contributed by atoms with Crippen LogP contribution in [0.3, 0.4) is 0 Å². The van der Waals surface area contributed by atoms with Gasteiger partial charge in [-0.15, -0.1) is 0 Å².